The van der Waals surface area contributed by atoms with Crippen molar-refractivity contribution < 1.29 is 14.3 Å². The van der Waals surface area contributed by atoms with Gasteiger partial charge >= 0.3 is 5.63 Å². The number of fused-ring (bicyclic) bond motifs is 1. The van der Waals surface area contributed by atoms with E-state index in [1.165, 1.54) is 0 Å². The number of aliphatic hydroxyl groups is 1. The fraction of sp³-hybridized carbons (Fsp3) is 0.526. The zero-order chi connectivity index (χ0) is 16.9. The van der Waals surface area contributed by atoms with Crippen molar-refractivity contribution in [3.05, 3.63) is 45.8 Å². The van der Waals surface area contributed by atoms with E-state index in [4.69, 9.17) is 14.3 Å². The number of ether oxygens (including phenoxy) is 1. The van der Waals surface area contributed by atoms with Crippen LogP contribution in [0.5, 0.6) is 0 Å². The molecule has 2 aromatic rings. The molecule has 3 rings (SSSR count). The highest BCUT2D eigenvalue weighted by Crippen LogP contribution is 2.22. The summed E-state index contributed by atoms with van der Waals surface area (Å²) in [4.78, 5) is 14.2. The fourth-order valence-corrected chi connectivity index (χ4v) is 3.26. The van der Waals surface area contributed by atoms with Gasteiger partial charge in [0.15, 0.2) is 0 Å². The fourth-order valence-electron chi connectivity index (χ4n) is 3.26. The van der Waals surface area contributed by atoms with Crippen molar-refractivity contribution >= 4 is 11.0 Å². The Labute approximate surface area is 141 Å². The normalized spacial score (nSPS) is 16.8. The summed E-state index contributed by atoms with van der Waals surface area (Å²) in [6, 6.07) is 7.61. The monoisotopic (exact) mass is 331 g/mol. The number of benzene rings is 1. The first-order valence-electron chi connectivity index (χ1n) is 8.64. The molecule has 0 unspecified atom stereocenters. The zero-order valence-corrected chi connectivity index (χ0v) is 14.2. The number of piperidine rings is 1. The number of hydrogen-bond acceptors (Lipinski definition) is 5. The SMILES string of the molecule is Cc1ccc2c(CN3CCC(OCCCO)CC3)cc(=O)oc2c1. The van der Waals surface area contributed by atoms with E-state index in [1.54, 1.807) is 6.07 Å². The van der Waals surface area contributed by atoms with E-state index < -0.39 is 0 Å². The molecule has 130 valence electrons. The summed E-state index contributed by atoms with van der Waals surface area (Å²) in [6.07, 6.45) is 2.97. The van der Waals surface area contributed by atoms with Crippen LogP contribution in [0.3, 0.4) is 0 Å². The summed E-state index contributed by atoms with van der Waals surface area (Å²) in [6.45, 7) is 5.48. The Balaban J connectivity index is 1.65. The lowest BCUT2D eigenvalue weighted by Crippen LogP contribution is -2.36. The van der Waals surface area contributed by atoms with E-state index in [9.17, 15) is 4.79 Å². The lowest BCUT2D eigenvalue weighted by molar-refractivity contribution is 0.000836. The Kier molecular flexibility index (Phi) is 5.66. The average Bonchev–Trinajstić information content (AvgIpc) is 2.56. The smallest absolute Gasteiger partial charge is 0.336 e. The molecule has 1 aromatic carbocycles. The van der Waals surface area contributed by atoms with E-state index in [0.29, 0.717) is 18.6 Å². The molecule has 2 heterocycles. The number of aryl methyl sites for hydroxylation is 1. The van der Waals surface area contributed by atoms with E-state index in [0.717, 1.165) is 49.0 Å². The van der Waals surface area contributed by atoms with Gasteiger partial charge in [0.2, 0.25) is 0 Å². The molecule has 24 heavy (non-hydrogen) atoms. The Morgan fingerprint density at radius 3 is 2.83 bits per heavy atom. The maximum Gasteiger partial charge on any atom is 0.336 e. The van der Waals surface area contributed by atoms with Crippen molar-refractivity contribution in [2.24, 2.45) is 0 Å². The second-order valence-electron chi connectivity index (χ2n) is 6.51. The summed E-state index contributed by atoms with van der Waals surface area (Å²) in [5.74, 6) is 0. The standard InChI is InChI=1S/C19H25NO4/c1-14-3-4-17-15(12-19(22)24-18(17)11-14)13-20-7-5-16(6-8-20)23-10-2-9-21/h3-4,11-12,16,21H,2,5-10,13H2,1H3. The molecule has 1 fully saturated rings. The van der Waals surface area contributed by atoms with Crippen LogP contribution in [0.25, 0.3) is 11.0 Å². The van der Waals surface area contributed by atoms with Gasteiger partial charge in [-0.2, -0.15) is 0 Å². The van der Waals surface area contributed by atoms with E-state index >= 15 is 0 Å². The Morgan fingerprint density at radius 1 is 1.29 bits per heavy atom. The van der Waals surface area contributed by atoms with Crippen LogP contribution < -0.4 is 5.63 Å². The highest BCUT2D eigenvalue weighted by molar-refractivity contribution is 5.80. The van der Waals surface area contributed by atoms with Crippen molar-refractivity contribution in [3.63, 3.8) is 0 Å². The van der Waals surface area contributed by atoms with Crippen LogP contribution in [0.1, 0.15) is 30.4 Å². The molecule has 0 aliphatic carbocycles. The molecule has 1 aromatic heterocycles. The maximum atomic E-state index is 11.8. The third kappa shape index (κ3) is 4.23. The predicted molar refractivity (Wildman–Crippen MR) is 93.2 cm³/mol. The van der Waals surface area contributed by atoms with Crippen LogP contribution >= 0.6 is 0 Å². The third-order valence-corrected chi connectivity index (χ3v) is 4.57. The summed E-state index contributed by atoms with van der Waals surface area (Å²) in [5, 5.41) is 9.82. The Morgan fingerprint density at radius 2 is 2.08 bits per heavy atom. The minimum Gasteiger partial charge on any atom is -0.423 e. The minimum absolute atomic E-state index is 0.183. The molecular weight excluding hydrogens is 306 g/mol. The molecule has 0 radical (unpaired) electrons. The molecule has 0 bridgehead atoms. The van der Waals surface area contributed by atoms with Gasteiger partial charge in [0.1, 0.15) is 5.58 Å². The van der Waals surface area contributed by atoms with Crippen LogP contribution in [-0.4, -0.2) is 42.4 Å². The number of likely N-dealkylation sites (tertiary alicyclic amines) is 1. The van der Waals surface area contributed by atoms with Crippen LogP contribution in [-0.2, 0) is 11.3 Å². The molecule has 0 saturated carbocycles. The second kappa shape index (κ2) is 7.92. The third-order valence-electron chi connectivity index (χ3n) is 4.57. The number of nitrogens with zero attached hydrogens (tertiary/aromatic N) is 1. The molecule has 1 saturated heterocycles. The quantitative estimate of drug-likeness (QED) is 0.651. The lowest BCUT2D eigenvalue weighted by Gasteiger charge is -2.32. The van der Waals surface area contributed by atoms with Crippen LogP contribution in [0.15, 0.2) is 33.5 Å². The van der Waals surface area contributed by atoms with Gasteiger partial charge in [-0.3, -0.25) is 4.90 Å². The van der Waals surface area contributed by atoms with Crippen molar-refractivity contribution in [3.8, 4) is 0 Å². The molecular formula is C19H25NO4. The van der Waals surface area contributed by atoms with Gasteiger partial charge in [-0.1, -0.05) is 12.1 Å². The van der Waals surface area contributed by atoms with Crippen molar-refractivity contribution in [1.29, 1.82) is 0 Å². The van der Waals surface area contributed by atoms with Crippen LogP contribution in [0.2, 0.25) is 0 Å². The highest BCUT2D eigenvalue weighted by atomic mass is 16.5. The van der Waals surface area contributed by atoms with Crippen LogP contribution in [0, 0.1) is 6.92 Å². The molecule has 1 aliphatic heterocycles. The molecule has 0 amide bonds. The summed E-state index contributed by atoms with van der Waals surface area (Å²) in [7, 11) is 0. The van der Waals surface area contributed by atoms with Gasteiger partial charge in [-0.25, -0.2) is 4.79 Å². The van der Waals surface area contributed by atoms with Gasteiger partial charge < -0.3 is 14.3 Å². The minimum atomic E-state index is -0.287. The van der Waals surface area contributed by atoms with Gasteiger partial charge in [-0.05, 0) is 43.4 Å². The molecule has 0 spiro atoms. The van der Waals surface area contributed by atoms with Gasteiger partial charge in [-0.15, -0.1) is 0 Å². The number of aliphatic hydroxyl groups excluding tert-OH is 1. The predicted octanol–water partition coefficient (Wildman–Crippen LogP) is 2.46. The first kappa shape index (κ1) is 17.1. The largest absolute Gasteiger partial charge is 0.423 e. The van der Waals surface area contributed by atoms with Gasteiger partial charge in [0.25, 0.3) is 0 Å². The summed E-state index contributed by atoms with van der Waals surface area (Å²) in [5.41, 5.74) is 2.49. The van der Waals surface area contributed by atoms with E-state index in [2.05, 4.69) is 4.90 Å². The number of hydrogen-bond donors (Lipinski definition) is 1. The van der Waals surface area contributed by atoms with Gasteiger partial charge in [0, 0.05) is 44.3 Å². The molecule has 0 atom stereocenters. The van der Waals surface area contributed by atoms with Crippen LogP contribution in [0.4, 0.5) is 0 Å². The topological polar surface area (TPSA) is 62.9 Å². The van der Waals surface area contributed by atoms with Crippen molar-refractivity contribution in [2.75, 3.05) is 26.3 Å². The van der Waals surface area contributed by atoms with Crippen molar-refractivity contribution in [2.45, 2.75) is 38.8 Å². The molecule has 1 aliphatic rings. The van der Waals surface area contributed by atoms with Crippen molar-refractivity contribution in [1.82, 2.24) is 4.90 Å². The molecule has 5 nitrogen and oxygen atoms in total. The maximum absolute atomic E-state index is 11.8. The average molecular weight is 331 g/mol. The number of rotatable bonds is 6. The van der Waals surface area contributed by atoms with Gasteiger partial charge in [0.05, 0.1) is 6.10 Å². The second-order valence-corrected chi connectivity index (χ2v) is 6.51. The highest BCUT2D eigenvalue weighted by Gasteiger charge is 2.20. The lowest BCUT2D eigenvalue weighted by atomic mass is 10.0. The Bertz CT molecular complexity index is 732. The molecule has 5 heteroatoms. The first-order chi connectivity index (χ1) is 11.7. The summed E-state index contributed by atoms with van der Waals surface area (Å²) >= 11 is 0. The van der Waals surface area contributed by atoms with E-state index in [1.807, 2.05) is 25.1 Å². The molecule has 1 N–H and O–H groups in total. The zero-order valence-electron chi connectivity index (χ0n) is 14.2. The first-order valence-corrected chi connectivity index (χ1v) is 8.64. The van der Waals surface area contributed by atoms with E-state index in [-0.39, 0.29) is 18.3 Å². The Hall–Kier alpha value is -1.69. The summed E-state index contributed by atoms with van der Waals surface area (Å²) < 4.78 is 11.1.